The molecule has 0 fully saturated rings. The number of carbonyl (C=O) groups is 1. The molecule has 0 heterocycles. The van der Waals surface area contributed by atoms with E-state index in [2.05, 4.69) is 5.32 Å². The molecule has 0 amide bonds. The van der Waals surface area contributed by atoms with Gasteiger partial charge in [0, 0.05) is 18.2 Å². The molecule has 2 aromatic rings. The van der Waals surface area contributed by atoms with Gasteiger partial charge < -0.3 is 15.2 Å². The lowest BCUT2D eigenvalue weighted by Crippen LogP contribution is -2.20. The van der Waals surface area contributed by atoms with Crippen LogP contribution in [-0.4, -0.2) is 22.0 Å². The first-order valence-corrected chi connectivity index (χ1v) is 7.85. The fourth-order valence-corrected chi connectivity index (χ4v) is 2.44. The number of hydrogen-bond acceptors (Lipinski definition) is 5. The maximum Gasteiger partial charge on any atom is 0.305 e. The van der Waals surface area contributed by atoms with Crippen LogP contribution in [0.3, 0.4) is 0 Å². The summed E-state index contributed by atoms with van der Waals surface area (Å²) in [5.41, 5.74) is 1.09. The van der Waals surface area contributed by atoms with Crippen molar-refractivity contribution in [2.24, 2.45) is 0 Å². The zero-order valence-corrected chi connectivity index (χ0v) is 14.0. The highest BCUT2D eigenvalue weighted by Crippen LogP contribution is 2.32. The van der Waals surface area contributed by atoms with Gasteiger partial charge in [0.05, 0.1) is 11.3 Å². The Morgan fingerprint density at radius 1 is 1.24 bits per heavy atom. The molecule has 7 heteroatoms. The van der Waals surface area contributed by atoms with Crippen LogP contribution in [0.4, 0.5) is 11.4 Å². The van der Waals surface area contributed by atoms with Crippen molar-refractivity contribution in [2.45, 2.75) is 32.4 Å². The van der Waals surface area contributed by atoms with Gasteiger partial charge in [-0.25, -0.2) is 0 Å². The Bertz CT molecular complexity index is 748. The van der Waals surface area contributed by atoms with E-state index in [9.17, 15) is 14.9 Å². The van der Waals surface area contributed by atoms with Crippen molar-refractivity contribution < 1.29 is 19.6 Å². The molecule has 0 radical (unpaired) electrons. The number of nitro groups is 1. The lowest BCUT2D eigenvalue weighted by Gasteiger charge is -2.17. The van der Waals surface area contributed by atoms with E-state index in [1.807, 2.05) is 37.3 Å². The predicted molar refractivity (Wildman–Crippen MR) is 93.9 cm³/mol. The number of aliphatic carboxylic acids is 1. The van der Waals surface area contributed by atoms with Gasteiger partial charge in [0.25, 0.3) is 5.69 Å². The van der Waals surface area contributed by atoms with Gasteiger partial charge in [-0.3, -0.25) is 14.9 Å². The molecule has 7 nitrogen and oxygen atoms in total. The average molecular weight is 344 g/mol. The van der Waals surface area contributed by atoms with Gasteiger partial charge in [-0.05, 0) is 25.5 Å². The van der Waals surface area contributed by atoms with E-state index in [4.69, 9.17) is 9.84 Å². The van der Waals surface area contributed by atoms with Gasteiger partial charge in [0.2, 0.25) is 0 Å². The molecule has 0 spiro atoms. The molecule has 0 aliphatic carbocycles. The van der Waals surface area contributed by atoms with E-state index in [0.29, 0.717) is 5.75 Å². The number of nitro benzene ring substituents is 1. The van der Waals surface area contributed by atoms with Crippen LogP contribution in [0.2, 0.25) is 0 Å². The first-order valence-electron chi connectivity index (χ1n) is 7.85. The Kier molecular flexibility index (Phi) is 5.94. The maximum atomic E-state index is 11.2. The molecule has 2 aromatic carbocycles. The van der Waals surface area contributed by atoms with Crippen molar-refractivity contribution in [3.63, 3.8) is 0 Å². The van der Waals surface area contributed by atoms with Gasteiger partial charge >= 0.3 is 5.97 Å². The van der Waals surface area contributed by atoms with Crippen LogP contribution in [0.15, 0.2) is 48.5 Å². The summed E-state index contributed by atoms with van der Waals surface area (Å²) >= 11 is 0. The normalized spacial score (nSPS) is 12.9. The molecule has 0 aromatic heterocycles. The third-order valence-electron chi connectivity index (χ3n) is 3.63. The number of nitrogens with one attached hydrogen (secondary N) is 1. The Balaban J connectivity index is 2.21. The summed E-state index contributed by atoms with van der Waals surface area (Å²) in [5.74, 6) is -0.514. The summed E-state index contributed by atoms with van der Waals surface area (Å²) in [6.45, 7) is 3.54. The second kappa shape index (κ2) is 8.14. The van der Waals surface area contributed by atoms with Crippen molar-refractivity contribution in [3.8, 4) is 5.75 Å². The van der Waals surface area contributed by atoms with Crippen LogP contribution in [0.25, 0.3) is 0 Å². The SMILES string of the molecule is CC(Oc1ccc([N+](=O)[O-])c(N[C@H](C)CC(=O)O)c1)c1ccccc1. The highest BCUT2D eigenvalue weighted by Gasteiger charge is 2.18. The maximum absolute atomic E-state index is 11.2. The standard InChI is InChI=1S/C18H20N2O5/c1-12(10-18(21)22)19-16-11-15(8-9-17(16)20(23)24)25-13(2)14-6-4-3-5-7-14/h3-9,11-13,19H,10H2,1-2H3,(H,21,22)/t12-,13?/m1/s1. The van der Waals surface area contributed by atoms with E-state index in [-0.39, 0.29) is 23.9 Å². The van der Waals surface area contributed by atoms with Crippen LogP contribution < -0.4 is 10.1 Å². The van der Waals surface area contributed by atoms with Crippen molar-refractivity contribution in [1.82, 2.24) is 0 Å². The number of carboxylic acids is 1. The van der Waals surface area contributed by atoms with Crippen molar-refractivity contribution in [2.75, 3.05) is 5.32 Å². The van der Waals surface area contributed by atoms with E-state index in [1.54, 1.807) is 6.92 Å². The largest absolute Gasteiger partial charge is 0.486 e. The van der Waals surface area contributed by atoms with E-state index in [0.717, 1.165) is 5.56 Å². The first kappa shape index (κ1) is 18.3. The van der Waals surface area contributed by atoms with Crippen molar-refractivity contribution in [3.05, 3.63) is 64.2 Å². The summed E-state index contributed by atoms with van der Waals surface area (Å²) in [7, 11) is 0. The minimum absolute atomic E-state index is 0.128. The van der Waals surface area contributed by atoms with Crippen molar-refractivity contribution >= 4 is 17.3 Å². The number of nitrogens with zero attached hydrogens (tertiary/aromatic N) is 1. The number of ether oxygens (including phenoxy) is 1. The van der Waals surface area contributed by atoms with E-state index >= 15 is 0 Å². The second-order valence-electron chi connectivity index (χ2n) is 5.75. The molecule has 2 atom stereocenters. The summed E-state index contributed by atoms with van der Waals surface area (Å²) in [6, 6.07) is 13.5. The minimum Gasteiger partial charge on any atom is -0.486 e. The summed E-state index contributed by atoms with van der Waals surface area (Å²) < 4.78 is 5.86. The minimum atomic E-state index is -0.979. The quantitative estimate of drug-likeness (QED) is 0.554. The lowest BCUT2D eigenvalue weighted by atomic mass is 10.1. The Labute approximate surface area is 145 Å². The molecular weight excluding hydrogens is 324 g/mol. The summed E-state index contributed by atoms with van der Waals surface area (Å²) in [6.07, 6.45) is -0.380. The second-order valence-corrected chi connectivity index (χ2v) is 5.75. The van der Waals surface area contributed by atoms with Gasteiger partial charge in [-0.1, -0.05) is 30.3 Å². The molecule has 1 unspecified atom stereocenters. The molecule has 0 bridgehead atoms. The fourth-order valence-electron chi connectivity index (χ4n) is 2.44. The third-order valence-corrected chi connectivity index (χ3v) is 3.63. The fraction of sp³-hybridized carbons (Fsp3) is 0.278. The zero-order chi connectivity index (χ0) is 18.4. The average Bonchev–Trinajstić information content (AvgIpc) is 2.54. The number of anilines is 1. The summed E-state index contributed by atoms with van der Waals surface area (Å²) in [5, 5.41) is 22.9. The molecule has 0 aliphatic heterocycles. The molecule has 0 saturated carbocycles. The molecule has 2 rings (SSSR count). The van der Waals surface area contributed by atoms with Crippen LogP contribution >= 0.6 is 0 Å². The lowest BCUT2D eigenvalue weighted by molar-refractivity contribution is -0.384. The molecule has 0 aliphatic rings. The van der Waals surface area contributed by atoms with Crippen LogP contribution in [0, 0.1) is 10.1 Å². The smallest absolute Gasteiger partial charge is 0.305 e. The van der Waals surface area contributed by atoms with E-state index < -0.39 is 16.9 Å². The zero-order valence-electron chi connectivity index (χ0n) is 14.0. The molecule has 2 N–H and O–H groups in total. The summed E-state index contributed by atoms with van der Waals surface area (Å²) in [4.78, 5) is 21.5. The topological polar surface area (TPSA) is 102 Å². The van der Waals surface area contributed by atoms with Crippen molar-refractivity contribution in [1.29, 1.82) is 0 Å². The predicted octanol–water partition coefficient (Wildman–Crippen LogP) is 4.01. The number of rotatable bonds is 8. The number of benzene rings is 2. The third kappa shape index (κ3) is 5.20. The highest BCUT2D eigenvalue weighted by molar-refractivity contribution is 5.70. The van der Waals surface area contributed by atoms with Gasteiger partial charge in [-0.2, -0.15) is 0 Å². The van der Waals surface area contributed by atoms with Crippen LogP contribution in [-0.2, 0) is 4.79 Å². The van der Waals surface area contributed by atoms with Gasteiger partial charge in [-0.15, -0.1) is 0 Å². The Hall–Kier alpha value is -3.09. The first-order chi connectivity index (χ1) is 11.9. The Morgan fingerprint density at radius 3 is 2.52 bits per heavy atom. The molecular formula is C18H20N2O5. The monoisotopic (exact) mass is 344 g/mol. The Morgan fingerprint density at radius 2 is 1.92 bits per heavy atom. The van der Waals surface area contributed by atoms with Gasteiger partial charge in [0.1, 0.15) is 17.5 Å². The highest BCUT2D eigenvalue weighted by atomic mass is 16.6. The van der Waals surface area contributed by atoms with Crippen LogP contribution in [0.1, 0.15) is 31.9 Å². The van der Waals surface area contributed by atoms with Crippen LogP contribution in [0.5, 0.6) is 5.75 Å². The molecule has 0 saturated heterocycles. The number of carboxylic acid groups (broad SMARTS) is 1. The van der Waals surface area contributed by atoms with Gasteiger partial charge in [0.15, 0.2) is 0 Å². The number of hydrogen-bond donors (Lipinski definition) is 2. The van der Waals surface area contributed by atoms with E-state index in [1.165, 1.54) is 18.2 Å². The molecule has 25 heavy (non-hydrogen) atoms. The molecule has 132 valence electrons.